The average Bonchev–Trinajstić information content (AvgIpc) is 3.54. The molecule has 0 saturated heterocycles. The molecule has 0 radical (unpaired) electrons. The molecule has 8 rings (SSSR count). The second-order valence-electron chi connectivity index (χ2n) is 9.20. The Morgan fingerprint density at radius 2 is 1.34 bits per heavy atom. The van der Waals surface area contributed by atoms with Crippen LogP contribution in [0.5, 0.6) is 5.75 Å². The fraction of sp³-hybridized carbons (Fsp3) is 0. The molecule has 4 aromatic heterocycles. The number of imidazole rings is 1. The second kappa shape index (κ2) is 8.54. The number of benzene rings is 4. The van der Waals surface area contributed by atoms with Crippen molar-refractivity contribution in [2.75, 3.05) is 0 Å². The summed E-state index contributed by atoms with van der Waals surface area (Å²) in [5.41, 5.74) is 5.32. The average molecular weight is 671 g/mol. The van der Waals surface area contributed by atoms with Crippen molar-refractivity contribution in [1.82, 2.24) is 18.9 Å². The number of fused-ring (bicyclic) bond motifs is 9. The van der Waals surface area contributed by atoms with E-state index in [2.05, 4.69) is 51.4 Å². The molecule has 38 heavy (non-hydrogen) atoms. The third-order valence-corrected chi connectivity index (χ3v) is 7.14. The summed E-state index contributed by atoms with van der Waals surface area (Å²) < 4.78 is 4.20. The maximum absolute atomic E-state index is 10.8. The molecule has 1 N–H and O–H groups in total. The zero-order chi connectivity index (χ0) is 24.5. The van der Waals surface area contributed by atoms with Gasteiger partial charge in [0.05, 0.1) is 16.6 Å². The zero-order valence-corrected chi connectivity index (χ0v) is 22.2. The van der Waals surface area contributed by atoms with E-state index in [4.69, 9.17) is 9.97 Å². The van der Waals surface area contributed by atoms with Crippen molar-refractivity contribution < 1.29 is 26.2 Å². The van der Waals surface area contributed by atoms with E-state index in [1.807, 2.05) is 66.9 Å². The molecule has 0 fully saturated rings. The molecule has 6 heteroatoms. The molecule has 0 aliphatic carbocycles. The minimum absolute atomic E-state index is 0. The van der Waals surface area contributed by atoms with Gasteiger partial charge in [-0.15, -0.1) is 5.39 Å². The first-order chi connectivity index (χ1) is 18.3. The molecule has 8 aromatic rings. The topological polar surface area (TPSA) is 55.4 Å². The van der Waals surface area contributed by atoms with Gasteiger partial charge in [0.1, 0.15) is 22.9 Å². The standard InChI is InChI=1S/C32H19N4O.Pt/c37-29-17-7-12-23-22-11-1-4-14-26(22)35-19-25(34-32(35)31(23)29)24-13-8-18-30(33-24)36-27-15-5-2-9-20(27)21-10-3-6-16-28(21)36;/h1-15,17-19,37H;/q-1;. The Morgan fingerprint density at radius 3 is 2.21 bits per heavy atom. The molecule has 0 saturated carbocycles. The molecule has 0 spiro atoms. The van der Waals surface area contributed by atoms with E-state index in [1.165, 1.54) is 5.39 Å². The van der Waals surface area contributed by atoms with E-state index in [1.54, 1.807) is 6.07 Å². The van der Waals surface area contributed by atoms with Crippen molar-refractivity contribution in [2.45, 2.75) is 0 Å². The maximum atomic E-state index is 10.8. The van der Waals surface area contributed by atoms with Crippen molar-refractivity contribution in [1.29, 1.82) is 0 Å². The summed E-state index contributed by atoms with van der Waals surface area (Å²) in [5.74, 6) is 1.02. The molecule has 0 aliphatic rings. The Balaban J connectivity index is 0.00000242. The van der Waals surface area contributed by atoms with Gasteiger partial charge in [-0.3, -0.25) is 4.40 Å². The Morgan fingerprint density at radius 1 is 0.632 bits per heavy atom. The van der Waals surface area contributed by atoms with Crippen LogP contribution in [0.15, 0.2) is 109 Å². The van der Waals surface area contributed by atoms with Crippen LogP contribution in [0, 0.1) is 6.07 Å². The minimum Gasteiger partial charge on any atom is -0.507 e. The van der Waals surface area contributed by atoms with E-state index in [9.17, 15) is 5.11 Å². The van der Waals surface area contributed by atoms with Gasteiger partial charge in [0.2, 0.25) is 0 Å². The summed E-state index contributed by atoms with van der Waals surface area (Å²) >= 11 is 0. The number of phenolic OH excluding ortho intramolecular Hbond substituents is 1. The summed E-state index contributed by atoms with van der Waals surface area (Å²) in [6, 6.07) is 37.7. The van der Waals surface area contributed by atoms with Crippen LogP contribution in [0.3, 0.4) is 0 Å². The molecule has 0 atom stereocenters. The summed E-state index contributed by atoms with van der Waals surface area (Å²) in [5, 5.41) is 15.9. The fourth-order valence-electron chi connectivity index (χ4n) is 5.55. The maximum Gasteiger partial charge on any atom is 0.149 e. The van der Waals surface area contributed by atoms with Gasteiger partial charge in [-0.1, -0.05) is 60.1 Å². The van der Waals surface area contributed by atoms with E-state index < -0.39 is 0 Å². The van der Waals surface area contributed by atoms with Gasteiger partial charge >= 0.3 is 0 Å². The van der Waals surface area contributed by atoms with E-state index >= 15 is 0 Å². The summed E-state index contributed by atoms with van der Waals surface area (Å²) in [6.45, 7) is 0. The van der Waals surface area contributed by atoms with Gasteiger partial charge in [-0.25, -0.2) is 9.97 Å². The first kappa shape index (κ1) is 22.7. The van der Waals surface area contributed by atoms with Crippen LogP contribution in [0.1, 0.15) is 0 Å². The number of nitrogens with zero attached hydrogens (tertiary/aromatic N) is 4. The Labute approximate surface area is 231 Å². The molecule has 4 aromatic carbocycles. The number of pyridine rings is 2. The Kier molecular flexibility index (Phi) is 5.10. The van der Waals surface area contributed by atoms with Gasteiger partial charge in [-0.2, -0.15) is 24.3 Å². The number of para-hydroxylation sites is 3. The molecular formula is C32H19N4OPt-. The molecule has 0 amide bonds. The number of hydrogen-bond donors (Lipinski definition) is 1. The summed E-state index contributed by atoms with van der Waals surface area (Å²) in [6.07, 6.45) is 2.01. The van der Waals surface area contributed by atoms with E-state index in [0.29, 0.717) is 5.65 Å². The largest absolute Gasteiger partial charge is 0.507 e. The van der Waals surface area contributed by atoms with Crippen molar-refractivity contribution >= 4 is 49.1 Å². The SMILES string of the molecule is Oc1cccc2c3ccccc3n3cc(-c4cccc(-n5c6[c-]cccc6c6ccccc65)n4)nc3c12.[Pt]. The van der Waals surface area contributed by atoms with Gasteiger partial charge in [-0.05, 0) is 41.1 Å². The van der Waals surface area contributed by atoms with Gasteiger partial charge in [0.25, 0.3) is 0 Å². The predicted molar refractivity (Wildman–Crippen MR) is 148 cm³/mol. The van der Waals surface area contributed by atoms with Crippen LogP contribution in [0.25, 0.3) is 66.3 Å². The number of hydrogen-bond acceptors (Lipinski definition) is 3. The van der Waals surface area contributed by atoms with Crippen LogP contribution in [0.4, 0.5) is 0 Å². The third kappa shape index (κ3) is 3.15. The van der Waals surface area contributed by atoms with Crippen molar-refractivity contribution in [2.24, 2.45) is 0 Å². The molecule has 5 nitrogen and oxygen atoms in total. The fourth-order valence-corrected chi connectivity index (χ4v) is 5.55. The molecule has 4 heterocycles. The van der Waals surface area contributed by atoms with Crippen LogP contribution in [0.2, 0.25) is 0 Å². The number of rotatable bonds is 2. The molecular weight excluding hydrogens is 651 g/mol. The van der Waals surface area contributed by atoms with Crippen LogP contribution >= 0.6 is 0 Å². The van der Waals surface area contributed by atoms with Crippen molar-refractivity contribution in [3.05, 3.63) is 115 Å². The van der Waals surface area contributed by atoms with Crippen LogP contribution in [-0.2, 0) is 21.1 Å². The van der Waals surface area contributed by atoms with Crippen LogP contribution in [-0.4, -0.2) is 24.0 Å². The first-order valence-electron chi connectivity index (χ1n) is 12.2. The third-order valence-electron chi connectivity index (χ3n) is 7.14. The number of aromatic hydroxyl groups is 1. The van der Waals surface area contributed by atoms with Crippen LogP contribution < -0.4 is 0 Å². The van der Waals surface area contributed by atoms with Gasteiger partial charge in [0, 0.05) is 38.2 Å². The quantitative estimate of drug-likeness (QED) is 0.155. The molecule has 0 aliphatic heterocycles. The molecule has 0 bridgehead atoms. The van der Waals surface area contributed by atoms with Crippen molar-refractivity contribution in [3.63, 3.8) is 0 Å². The first-order valence-corrected chi connectivity index (χ1v) is 12.2. The predicted octanol–water partition coefficient (Wildman–Crippen LogP) is 7.30. The van der Waals surface area contributed by atoms with Crippen molar-refractivity contribution in [3.8, 4) is 23.0 Å². The zero-order valence-electron chi connectivity index (χ0n) is 19.9. The summed E-state index contributed by atoms with van der Waals surface area (Å²) in [7, 11) is 0. The number of phenols is 1. The van der Waals surface area contributed by atoms with Gasteiger partial charge < -0.3 is 9.67 Å². The van der Waals surface area contributed by atoms with E-state index in [0.717, 1.165) is 55.3 Å². The molecule has 0 unspecified atom stereocenters. The summed E-state index contributed by atoms with van der Waals surface area (Å²) in [4.78, 5) is 10.1. The second-order valence-corrected chi connectivity index (χ2v) is 9.20. The monoisotopic (exact) mass is 670 g/mol. The Hall–Kier alpha value is -4.47. The Bertz CT molecular complexity index is 2120. The van der Waals surface area contributed by atoms with E-state index in [-0.39, 0.29) is 26.8 Å². The number of aromatic nitrogens is 4. The normalized spacial score (nSPS) is 11.6. The smallest absolute Gasteiger partial charge is 0.149 e. The minimum atomic E-state index is 0. The molecule has 184 valence electrons. The van der Waals surface area contributed by atoms with Gasteiger partial charge in [0.15, 0.2) is 0 Å².